The van der Waals surface area contributed by atoms with Crippen LogP contribution in [0.1, 0.15) is 0 Å². The highest BCUT2D eigenvalue weighted by atomic mass is 19.2. The molecule has 0 atom stereocenters. The minimum atomic E-state index is -2.66. The summed E-state index contributed by atoms with van der Waals surface area (Å²) in [6, 6.07) is -0.369. The summed E-state index contributed by atoms with van der Waals surface area (Å²) < 4.78 is 131. The van der Waals surface area contributed by atoms with E-state index in [1.807, 2.05) is 0 Å². The van der Waals surface area contributed by atoms with Crippen LogP contribution in [0, 0.1) is 52.4 Å². The predicted molar refractivity (Wildman–Crippen MR) is 55.8 cm³/mol. The number of nitrogens with zero attached hydrogens (tertiary/aromatic N) is 1. The predicted octanol–water partition coefficient (Wildman–Crippen LogP) is 4.96. The second-order valence-corrected chi connectivity index (χ2v) is 4.02. The first-order valence-electron chi connectivity index (χ1n) is 5.39. The zero-order chi connectivity index (χ0) is 17.6. The van der Waals surface area contributed by atoms with Crippen LogP contribution in [0.25, 0.3) is 0 Å². The van der Waals surface area contributed by atoms with E-state index in [0.29, 0.717) is 0 Å². The van der Waals surface area contributed by atoms with Gasteiger partial charge in [0.05, 0.1) is 0 Å². The number of anilines is 2. The monoisotopic (exact) mass is 349 g/mol. The van der Waals surface area contributed by atoms with Crippen LogP contribution in [0.3, 0.4) is 0 Å². The van der Waals surface area contributed by atoms with Crippen LogP contribution in [-0.4, -0.2) is 0 Å². The molecule has 124 valence electrons. The molecule has 11 heteroatoms. The van der Waals surface area contributed by atoms with Gasteiger partial charge < -0.3 is 0 Å². The summed E-state index contributed by atoms with van der Waals surface area (Å²) in [5.74, 6) is -22.8. The molecule has 0 amide bonds. The number of hydrogen-bond acceptors (Lipinski definition) is 1. The summed E-state index contributed by atoms with van der Waals surface area (Å²) in [5.41, 5.74) is -4.27. The Morgan fingerprint density at radius 2 is 0.913 bits per heavy atom. The fraction of sp³-hybridized carbons (Fsp3) is 0. The average Bonchev–Trinajstić information content (AvgIpc) is 2.52. The topological polar surface area (TPSA) is 3.24 Å². The molecule has 0 heterocycles. The molecule has 1 nitrogen and oxygen atoms in total. The van der Waals surface area contributed by atoms with Crippen molar-refractivity contribution in [3.63, 3.8) is 0 Å². The van der Waals surface area contributed by atoms with Crippen molar-refractivity contribution in [2.45, 2.75) is 0 Å². The van der Waals surface area contributed by atoms with Gasteiger partial charge in [0.15, 0.2) is 52.2 Å². The van der Waals surface area contributed by atoms with Gasteiger partial charge in [0.1, 0.15) is 5.69 Å². The molecule has 0 aliphatic carbocycles. The highest BCUT2D eigenvalue weighted by molar-refractivity contribution is 5.62. The minimum Gasteiger partial charge on any atom is -0.204 e. The van der Waals surface area contributed by atoms with E-state index < -0.39 is 68.9 Å². The van der Waals surface area contributed by atoms with Crippen molar-refractivity contribution in [1.29, 1.82) is 0 Å². The van der Waals surface area contributed by atoms with Crippen LogP contribution in [-0.2, 0) is 0 Å². The Hall–Kier alpha value is -2.46. The van der Waals surface area contributed by atoms with E-state index >= 15 is 0 Å². The molecular formula is C12HF10N. The lowest BCUT2D eigenvalue weighted by atomic mass is 10.2. The fourth-order valence-corrected chi connectivity index (χ4v) is 1.59. The van der Waals surface area contributed by atoms with Gasteiger partial charge in [-0.05, 0) is 0 Å². The third kappa shape index (κ3) is 2.45. The van der Waals surface area contributed by atoms with E-state index in [9.17, 15) is 44.0 Å². The van der Waals surface area contributed by atoms with E-state index in [4.69, 9.17) is 0 Å². The normalized spacial score (nSPS) is 11.0. The average molecular weight is 349 g/mol. The van der Waals surface area contributed by atoms with Gasteiger partial charge in [-0.2, -0.15) is 5.12 Å². The summed E-state index contributed by atoms with van der Waals surface area (Å²) in [4.78, 5) is 0. The first-order chi connectivity index (χ1) is 10.6. The molecule has 0 aliphatic heterocycles. The van der Waals surface area contributed by atoms with Crippen LogP contribution in [0.2, 0.25) is 0 Å². The second-order valence-electron chi connectivity index (χ2n) is 4.02. The zero-order valence-corrected chi connectivity index (χ0v) is 10.3. The summed E-state index contributed by atoms with van der Waals surface area (Å²) in [6.07, 6.45) is 0. The lowest BCUT2D eigenvalue weighted by Crippen LogP contribution is -2.15. The van der Waals surface area contributed by atoms with Gasteiger partial charge in [-0.1, -0.05) is 4.48 Å². The van der Waals surface area contributed by atoms with E-state index in [0.717, 1.165) is 0 Å². The van der Waals surface area contributed by atoms with Crippen molar-refractivity contribution < 1.29 is 44.0 Å². The molecule has 0 saturated carbocycles. The Morgan fingerprint density at radius 1 is 0.522 bits per heavy atom. The fourth-order valence-electron chi connectivity index (χ4n) is 1.59. The zero-order valence-electron chi connectivity index (χ0n) is 10.3. The van der Waals surface area contributed by atoms with Crippen LogP contribution < -0.4 is 5.12 Å². The van der Waals surface area contributed by atoms with Crippen LogP contribution >= 0.6 is 0 Å². The van der Waals surface area contributed by atoms with E-state index in [1.165, 1.54) is 0 Å². The van der Waals surface area contributed by atoms with Crippen molar-refractivity contribution in [3.8, 4) is 0 Å². The van der Waals surface area contributed by atoms with E-state index in [2.05, 4.69) is 0 Å². The van der Waals surface area contributed by atoms with E-state index in [1.54, 1.807) is 0 Å². The quantitative estimate of drug-likeness (QED) is 0.321. The Bertz CT molecular complexity index is 774. The molecule has 0 bridgehead atoms. The second kappa shape index (κ2) is 5.63. The Kier molecular flexibility index (Phi) is 4.14. The van der Waals surface area contributed by atoms with Gasteiger partial charge in [0, 0.05) is 6.07 Å². The smallest absolute Gasteiger partial charge is 0.200 e. The summed E-state index contributed by atoms with van der Waals surface area (Å²) in [7, 11) is 0. The number of hydrogen-bond donors (Lipinski definition) is 0. The molecule has 0 N–H and O–H groups in total. The van der Waals surface area contributed by atoms with Crippen molar-refractivity contribution >= 4 is 11.4 Å². The molecule has 0 fully saturated rings. The lowest BCUT2D eigenvalue weighted by Gasteiger charge is -2.17. The van der Waals surface area contributed by atoms with Gasteiger partial charge >= 0.3 is 0 Å². The van der Waals surface area contributed by atoms with Gasteiger partial charge in [0.25, 0.3) is 0 Å². The molecule has 0 spiro atoms. The molecule has 0 aromatic heterocycles. The molecule has 23 heavy (non-hydrogen) atoms. The highest BCUT2D eigenvalue weighted by Gasteiger charge is 2.33. The Labute approximate surface area is 120 Å². The first-order valence-corrected chi connectivity index (χ1v) is 5.39. The molecule has 2 aromatic carbocycles. The summed E-state index contributed by atoms with van der Waals surface area (Å²) in [6.45, 7) is 0. The minimum absolute atomic E-state index is 0.369. The maximum Gasteiger partial charge on any atom is 0.200 e. The van der Waals surface area contributed by atoms with Crippen LogP contribution in [0.5, 0.6) is 0 Å². The molecule has 2 rings (SSSR count). The third-order valence-electron chi connectivity index (χ3n) is 2.68. The molecule has 0 radical (unpaired) electrons. The Morgan fingerprint density at radius 3 is 1.39 bits per heavy atom. The molecule has 2 aromatic rings. The summed E-state index contributed by atoms with van der Waals surface area (Å²) >= 11 is 0. The van der Waals surface area contributed by atoms with Crippen LogP contribution in [0.15, 0.2) is 6.07 Å². The lowest BCUT2D eigenvalue weighted by molar-refractivity contribution is 0.364. The highest BCUT2D eigenvalue weighted by Crippen LogP contribution is 2.37. The summed E-state index contributed by atoms with van der Waals surface area (Å²) in [5, 5.41) is -1.53. The van der Waals surface area contributed by atoms with Crippen molar-refractivity contribution in [2.24, 2.45) is 0 Å². The van der Waals surface area contributed by atoms with Crippen molar-refractivity contribution in [2.75, 3.05) is 5.12 Å². The van der Waals surface area contributed by atoms with Crippen molar-refractivity contribution in [3.05, 3.63) is 58.4 Å². The molecule has 0 aliphatic rings. The number of halogens is 10. The van der Waals surface area contributed by atoms with Gasteiger partial charge in [0.2, 0.25) is 5.82 Å². The maximum absolute atomic E-state index is 13.8. The molecular weight excluding hydrogens is 348 g/mol. The number of benzene rings is 2. The maximum atomic E-state index is 13.8. The van der Waals surface area contributed by atoms with Gasteiger partial charge in [-0.25, -0.2) is 39.5 Å². The largest absolute Gasteiger partial charge is 0.204 e. The molecule has 0 unspecified atom stereocenters. The van der Waals surface area contributed by atoms with Gasteiger partial charge in [-0.3, -0.25) is 0 Å². The first kappa shape index (κ1) is 16.9. The molecule has 0 saturated heterocycles. The Balaban J connectivity index is 2.75. The number of rotatable bonds is 2. The van der Waals surface area contributed by atoms with Crippen LogP contribution in [0.4, 0.5) is 55.4 Å². The van der Waals surface area contributed by atoms with E-state index in [-0.39, 0.29) is 6.07 Å². The van der Waals surface area contributed by atoms with Crippen molar-refractivity contribution in [1.82, 2.24) is 0 Å². The SMILES string of the molecule is Fc1cc(N(F)c2c(F)c(F)c(F)c(F)c2F)c(F)c(F)c1F. The standard InChI is InChI=1S/C12HF10N/c13-2-1-3(5(15)6(16)4(2)14)23(22)12-10(20)8(18)7(17)9(19)11(12)21/h1H. The third-order valence-corrected chi connectivity index (χ3v) is 2.68. The van der Waals surface area contributed by atoms with Gasteiger partial charge in [-0.15, -0.1) is 0 Å².